The number of hydrogen-bond donors (Lipinski definition) is 3. The minimum absolute atomic E-state index is 0.0607. The summed E-state index contributed by atoms with van der Waals surface area (Å²) in [6.45, 7) is 3.89. The number of aliphatic hydroxyl groups excluding tert-OH is 1. The van der Waals surface area contributed by atoms with Gasteiger partial charge < -0.3 is 15.7 Å². The molecule has 3 N–H and O–H groups in total. The summed E-state index contributed by atoms with van der Waals surface area (Å²) in [6, 6.07) is 1.92. The van der Waals surface area contributed by atoms with E-state index in [-0.39, 0.29) is 29.9 Å². The second-order valence-corrected chi connectivity index (χ2v) is 11.0. The molecule has 9 nitrogen and oxygen atoms in total. The number of nitrogens with zero attached hydrogens (tertiary/aromatic N) is 4. The van der Waals surface area contributed by atoms with Gasteiger partial charge >= 0.3 is 0 Å². The molecule has 9 heteroatoms. The number of rotatable bonds is 7. The van der Waals surface area contributed by atoms with E-state index in [4.69, 9.17) is 0 Å². The topological polar surface area (TPSA) is 114 Å². The van der Waals surface area contributed by atoms with Gasteiger partial charge in [-0.15, -0.1) is 0 Å². The zero-order chi connectivity index (χ0) is 24.1. The number of carbonyl (C=O) groups excluding carboxylic acids is 2. The fourth-order valence-electron chi connectivity index (χ4n) is 6.75. The predicted molar refractivity (Wildman–Crippen MR) is 127 cm³/mol. The number of nitrogens with one attached hydrogen (secondary N) is 2. The molecular formula is C25H34N6O3. The lowest BCUT2D eigenvalue weighted by Gasteiger charge is -2.59. The third kappa shape index (κ3) is 3.85. The van der Waals surface area contributed by atoms with Crippen molar-refractivity contribution in [1.29, 1.82) is 0 Å². The molecule has 0 aromatic carbocycles. The molecule has 0 spiro atoms. The van der Waals surface area contributed by atoms with Gasteiger partial charge in [0.1, 0.15) is 5.56 Å². The maximum atomic E-state index is 13.5. The molecule has 0 aliphatic heterocycles. The van der Waals surface area contributed by atoms with E-state index in [1.54, 1.807) is 53.3 Å². The largest absolute Gasteiger partial charge is 0.396 e. The maximum absolute atomic E-state index is 13.5. The molecule has 2 atom stereocenters. The quantitative estimate of drug-likeness (QED) is 0.579. The Morgan fingerprint density at radius 2 is 1.97 bits per heavy atom. The van der Waals surface area contributed by atoms with Crippen molar-refractivity contribution in [1.82, 2.24) is 30.2 Å². The number of aliphatic hydroxyl groups is 1. The molecule has 2 heterocycles. The highest BCUT2D eigenvalue weighted by molar-refractivity contribution is 5.97. The molecule has 4 fully saturated rings. The Bertz CT molecular complexity index is 1090. The molecule has 2 amide bonds. The van der Waals surface area contributed by atoms with Crippen LogP contribution in [0.1, 0.15) is 56.3 Å². The number of amides is 2. The number of aromatic nitrogens is 4. The third-order valence-corrected chi connectivity index (χ3v) is 8.21. The van der Waals surface area contributed by atoms with E-state index in [9.17, 15) is 14.7 Å². The van der Waals surface area contributed by atoms with E-state index in [1.807, 2.05) is 13.8 Å². The zero-order valence-corrected chi connectivity index (χ0v) is 20.1. The summed E-state index contributed by atoms with van der Waals surface area (Å²) in [5, 5.41) is 24.8. The molecule has 6 rings (SSSR count). The van der Waals surface area contributed by atoms with E-state index in [0.29, 0.717) is 29.1 Å². The van der Waals surface area contributed by atoms with Gasteiger partial charge in [0.25, 0.3) is 5.91 Å². The average Bonchev–Trinajstić information content (AvgIpc) is 3.48. The van der Waals surface area contributed by atoms with E-state index < -0.39 is 5.41 Å². The molecule has 182 valence electrons. The van der Waals surface area contributed by atoms with Gasteiger partial charge in [0.05, 0.1) is 11.6 Å². The van der Waals surface area contributed by atoms with Crippen LogP contribution in [-0.2, 0) is 4.79 Å². The minimum atomic E-state index is -0.743. The monoisotopic (exact) mass is 466 g/mol. The highest BCUT2D eigenvalue weighted by Gasteiger charge is 2.55. The van der Waals surface area contributed by atoms with Crippen LogP contribution in [0.5, 0.6) is 0 Å². The van der Waals surface area contributed by atoms with E-state index >= 15 is 0 Å². The van der Waals surface area contributed by atoms with Crippen molar-refractivity contribution in [3.8, 4) is 5.82 Å². The van der Waals surface area contributed by atoms with Gasteiger partial charge in [-0.05, 0) is 75.2 Å². The van der Waals surface area contributed by atoms with Crippen molar-refractivity contribution in [3.63, 3.8) is 0 Å². The van der Waals surface area contributed by atoms with Crippen LogP contribution in [0, 0.1) is 28.6 Å². The van der Waals surface area contributed by atoms with Gasteiger partial charge in [0.15, 0.2) is 5.82 Å². The summed E-state index contributed by atoms with van der Waals surface area (Å²) in [5.41, 5.74) is -0.240. The van der Waals surface area contributed by atoms with Gasteiger partial charge in [-0.2, -0.15) is 10.2 Å². The van der Waals surface area contributed by atoms with E-state index in [1.165, 1.54) is 0 Å². The smallest absolute Gasteiger partial charge is 0.257 e. The van der Waals surface area contributed by atoms with E-state index in [0.717, 1.165) is 32.1 Å². The van der Waals surface area contributed by atoms with Crippen molar-refractivity contribution < 1.29 is 14.7 Å². The van der Waals surface area contributed by atoms with Crippen LogP contribution in [-0.4, -0.2) is 56.2 Å². The average molecular weight is 467 g/mol. The molecule has 0 radical (unpaired) electrons. The van der Waals surface area contributed by atoms with Gasteiger partial charge in [0, 0.05) is 38.3 Å². The highest BCUT2D eigenvalue weighted by Crippen LogP contribution is 2.59. The van der Waals surface area contributed by atoms with Gasteiger partial charge in [0.2, 0.25) is 5.91 Å². The first kappa shape index (κ1) is 22.8. The summed E-state index contributed by atoms with van der Waals surface area (Å²) in [6.07, 6.45) is 13.8. The first-order valence-electron chi connectivity index (χ1n) is 12.2. The predicted octanol–water partition coefficient (Wildman–Crippen LogP) is 2.23. The van der Waals surface area contributed by atoms with Crippen LogP contribution < -0.4 is 10.6 Å². The molecule has 4 saturated carbocycles. The second-order valence-electron chi connectivity index (χ2n) is 11.0. The SMILES string of the molecule is CNC(=O)C(C)(C)/C=C/n1ncc(C(=O)N[C@H]2C3CC4CC2C[C@](CO)(C4)C3)c1-n1cccn1. The molecular weight excluding hydrogens is 432 g/mol. The van der Waals surface area contributed by atoms with Gasteiger partial charge in [-0.25, -0.2) is 9.36 Å². The van der Waals surface area contributed by atoms with Crippen LogP contribution in [0.3, 0.4) is 0 Å². The lowest BCUT2D eigenvalue weighted by atomic mass is 9.48. The minimum Gasteiger partial charge on any atom is -0.396 e. The normalized spacial score (nSPS) is 30.1. The summed E-state index contributed by atoms with van der Waals surface area (Å²) < 4.78 is 3.21. The summed E-state index contributed by atoms with van der Waals surface area (Å²) in [7, 11) is 1.61. The summed E-state index contributed by atoms with van der Waals surface area (Å²) in [5.74, 6) is 1.76. The van der Waals surface area contributed by atoms with Crippen LogP contribution in [0.4, 0.5) is 0 Å². The fraction of sp³-hybridized carbons (Fsp3) is 0.600. The Morgan fingerprint density at radius 3 is 2.59 bits per heavy atom. The molecule has 2 aromatic rings. The fourth-order valence-corrected chi connectivity index (χ4v) is 6.75. The van der Waals surface area contributed by atoms with E-state index in [2.05, 4.69) is 20.8 Å². The van der Waals surface area contributed by atoms with Crippen molar-refractivity contribution in [2.75, 3.05) is 13.7 Å². The number of carbonyl (C=O) groups is 2. The highest BCUT2D eigenvalue weighted by atomic mass is 16.3. The molecule has 0 saturated heterocycles. The van der Waals surface area contributed by atoms with Crippen molar-refractivity contribution in [2.45, 2.75) is 52.0 Å². The molecule has 2 aromatic heterocycles. The summed E-state index contributed by atoms with van der Waals surface area (Å²) in [4.78, 5) is 25.7. The van der Waals surface area contributed by atoms with Crippen LogP contribution >= 0.6 is 0 Å². The lowest BCUT2D eigenvalue weighted by Crippen LogP contribution is -2.60. The van der Waals surface area contributed by atoms with Crippen molar-refractivity contribution >= 4 is 18.0 Å². The van der Waals surface area contributed by atoms with Gasteiger partial charge in [-0.1, -0.05) is 6.08 Å². The van der Waals surface area contributed by atoms with Crippen molar-refractivity contribution in [2.24, 2.45) is 28.6 Å². The zero-order valence-electron chi connectivity index (χ0n) is 20.1. The molecule has 2 unspecified atom stereocenters. The standard InChI is InChI=1S/C25H34N6O3/c1-24(2,23(34)26-3)5-8-31-22(30-7-4-6-27-30)19(14-28-31)21(33)29-20-17-9-16-10-18(20)13-25(11-16,12-17)15-32/h4-8,14,16-18,20,32H,9-13,15H2,1-3H3,(H,26,34)(H,29,33)/b8-5+/t16?,17?,18?,20-,25-. The van der Waals surface area contributed by atoms with Crippen LogP contribution in [0.25, 0.3) is 12.0 Å². The second kappa shape index (κ2) is 8.37. The molecule has 4 bridgehead atoms. The lowest BCUT2D eigenvalue weighted by molar-refractivity contribution is -0.126. The van der Waals surface area contributed by atoms with Crippen LogP contribution in [0.2, 0.25) is 0 Å². The Balaban J connectivity index is 1.41. The van der Waals surface area contributed by atoms with Crippen LogP contribution in [0.15, 0.2) is 30.7 Å². The van der Waals surface area contributed by atoms with Crippen molar-refractivity contribution in [3.05, 3.63) is 36.3 Å². The molecule has 34 heavy (non-hydrogen) atoms. The summed E-state index contributed by atoms with van der Waals surface area (Å²) >= 11 is 0. The Morgan fingerprint density at radius 1 is 1.24 bits per heavy atom. The Labute approximate surface area is 199 Å². The van der Waals surface area contributed by atoms with Gasteiger partial charge in [-0.3, -0.25) is 9.59 Å². The first-order valence-corrected chi connectivity index (χ1v) is 12.2. The maximum Gasteiger partial charge on any atom is 0.257 e. The number of hydrogen-bond acceptors (Lipinski definition) is 5. The third-order valence-electron chi connectivity index (χ3n) is 8.21. The Kier molecular flexibility index (Phi) is 5.62. The first-order chi connectivity index (χ1) is 16.2. The Hall–Kier alpha value is -2.94. The molecule has 4 aliphatic rings. The molecule has 4 aliphatic carbocycles.